The quantitative estimate of drug-likeness (QED) is 0.634. The second kappa shape index (κ2) is 7.61. The smallest absolute Gasteiger partial charge is 0.239 e. The molecule has 0 spiro atoms. The fourth-order valence-electron chi connectivity index (χ4n) is 2.03. The van der Waals surface area contributed by atoms with Crippen molar-refractivity contribution in [2.45, 2.75) is 25.8 Å². The van der Waals surface area contributed by atoms with E-state index >= 15 is 0 Å². The van der Waals surface area contributed by atoms with Crippen molar-refractivity contribution in [2.24, 2.45) is 5.92 Å². The summed E-state index contributed by atoms with van der Waals surface area (Å²) in [5, 5.41) is 5.12. The van der Waals surface area contributed by atoms with Gasteiger partial charge < -0.3 is 10.6 Å². The number of hydrogen-bond donors (Lipinski definition) is 3. The maximum absolute atomic E-state index is 13.1. The van der Waals surface area contributed by atoms with Gasteiger partial charge in [-0.1, -0.05) is 13.0 Å². The topological polar surface area (TPSA) is 104 Å². The molecule has 1 atom stereocenters. The molecular formula is C15H20FN3O4S. The van der Waals surface area contributed by atoms with Gasteiger partial charge in [-0.15, -0.1) is 0 Å². The monoisotopic (exact) mass is 357 g/mol. The van der Waals surface area contributed by atoms with Gasteiger partial charge in [-0.3, -0.25) is 14.3 Å². The summed E-state index contributed by atoms with van der Waals surface area (Å²) in [4.78, 5) is 23.4. The summed E-state index contributed by atoms with van der Waals surface area (Å²) < 4.78 is 39.3. The van der Waals surface area contributed by atoms with Gasteiger partial charge in [0.1, 0.15) is 5.82 Å². The highest BCUT2D eigenvalue weighted by Crippen LogP contribution is 2.18. The lowest BCUT2D eigenvalue weighted by atomic mass is 10.2. The van der Waals surface area contributed by atoms with Gasteiger partial charge in [0.15, 0.2) is 0 Å². The first-order valence-corrected chi connectivity index (χ1v) is 9.23. The van der Waals surface area contributed by atoms with Gasteiger partial charge in [-0.05, 0) is 31.0 Å². The number of anilines is 1. The number of halogens is 1. The molecule has 1 aliphatic carbocycles. The molecule has 1 aromatic carbocycles. The fraction of sp³-hybridized carbons (Fsp3) is 0.467. The van der Waals surface area contributed by atoms with Crippen molar-refractivity contribution in [1.29, 1.82) is 0 Å². The van der Waals surface area contributed by atoms with Gasteiger partial charge in [0.2, 0.25) is 21.8 Å². The molecule has 0 saturated heterocycles. The highest BCUT2D eigenvalue weighted by Gasteiger charge is 2.25. The molecule has 2 amide bonds. The third-order valence-electron chi connectivity index (χ3n) is 3.38. The first kappa shape index (κ1) is 18.2. The molecular weight excluding hydrogens is 337 g/mol. The van der Waals surface area contributed by atoms with Crippen LogP contribution in [0.15, 0.2) is 24.3 Å². The predicted octanol–water partition coefficient (Wildman–Crippen LogP) is 0.598. The zero-order valence-electron chi connectivity index (χ0n) is 13.2. The van der Waals surface area contributed by atoms with Crippen LogP contribution < -0.4 is 15.4 Å². The third kappa shape index (κ3) is 6.15. The van der Waals surface area contributed by atoms with Crippen molar-refractivity contribution in [2.75, 3.05) is 17.0 Å². The van der Waals surface area contributed by atoms with Gasteiger partial charge in [-0.2, -0.15) is 0 Å². The molecule has 0 bridgehead atoms. The van der Waals surface area contributed by atoms with E-state index in [-0.39, 0.29) is 24.2 Å². The molecule has 1 unspecified atom stereocenters. The fourth-order valence-corrected chi connectivity index (χ4v) is 3.41. The summed E-state index contributed by atoms with van der Waals surface area (Å²) in [7, 11) is -3.82. The van der Waals surface area contributed by atoms with E-state index in [1.165, 1.54) is 25.1 Å². The van der Waals surface area contributed by atoms with Crippen molar-refractivity contribution in [3.8, 4) is 0 Å². The normalized spacial score (nSPS) is 15.4. The van der Waals surface area contributed by atoms with Crippen LogP contribution in [0.3, 0.4) is 0 Å². The summed E-state index contributed by atoms with van der Waals surface area (Å²) in [5.74, 6) is -2.73. The Labute approximate surface area is 140 Å². The minimum atomic E-state index is -3.82. The van der Waals surface area contributed by atoms with E-state index in [0.717, 1.165) is 18.9 Å². The van der Waals surface area contributed by atoms with Crippen LogP contribution in [0.25, 0.3) is 0 Å². The number of carbonyl (C=O) groups excluding carboxylic acids is 2. The molecule has 1 aliphatic rings. The molecule has 0 radical (unpaired) electrons. The lowest BCUT2D eigenvalue weighted by molar-refractivity contribution is -0.127. The van der Waals surface area contributed by atoms with E-state index in [9.17, 15) is 22.4 Å². The number of rotatable bonds is 8. The van der Waals surface area contributed by atoms with E-state index in [1.807, 2.05) is 0 Å². The van der Waals surface area contributed by atoms with Crippen LogP contribution in [0, 0.1) is 11.7 Å². The Kier molecular flexibility index (Phi) is 5.76. The molecule has 0 heterocycles. The van der Waals surface area contributed by atoms with Gasteiger partial charge in [-0.25, -0.2) is 12.8 Å². The second-order valence-corrected chi connectivity index (χ2v) is 7.62. The van der Waals surface area contributed by atoms with E-state index < -0.39 is 33.4 Å². The number of sulfonamides is 1. The lowest BCUT2D eigenvalue weighted by Gasteiger charge is -2.14. The largest absolute Gasteiger partial charge is 0.352 e. The van der Waals surface area contributed by atoms with Gasteiger partial charge in [0.05, 0.1) is 23.9 Å². The standard InChI is InChI=1S/C15H20FN3O4S/c1-10(15(21)17-8-14(20)18-12-5-6-12)9-24(22,23)19-13-4-2-3-11(16)7-13/h2-4,7,10,12,19H,5-6,8-9H2,1H3,(H,17,21)(H,18,20). The van der Waals surface area contributed by atoms with Crippen LogP contribution in [0.5, 0.6) is 0 Å². The van der Waals surface area contributed by atoms with E-state index in [0.29, 0.717) is 0 Å². The van der Waals surface area contributed by atoms with E-state index in [2.05, 4.69) is 15.4 Å². The van der Waals surface area contributed by atoms with Crippen molar-refractivity contribution in [3.05, 3.63) is 30.1 Å². The highest BCUT2D eigenvalue weighted by molar-refractivity contribution is 7.92. The first-order chi connectivity index (χ1) is 11.2. The molecule has 1 fully saturated rings. The summed E-state index contributed by atoms with van der Waals surface area (Å²) >= 11 is 0. The summed E-state index contributed by atoms with van der Waals surface area (Å²) in [6.07, 6.45) is 1.89. The van der Waals surface area contributed by atoms with Gasteiger partial charge in [0.25, 0.3) is 0 Å². The number of hydrogen-bond acceptors (Lipinski definition) is 4. The molecule has 24 heavy (non-hydrogen) atoms. The molecule has 1 saturated carbocycles. The summed E-state index contributed by atoms with van der Waals surface area (Å²) in [5.41, 5.74) is 0.0893. The zero-order chi connectivity index (χ0) is 17.7. The van der Waals surface area contributed by atoms with Crippen LogP contribution in [0.4, 0.5) is 10.1 Å². The SMILES string of the molecule is CC(CS(=O)(=O)Nc1cccc(F)c1)C(=O)NCC(=O)NC1CC1. The first-order valence-electron chi connectivity index (χ1n) is 7.58. The molecule has 1 aromatic rings. The highest BCUT2D eigenvalue weighted by atomic mass is 32.2. The van der Waals surface area contributed by atoms with E-state index in [4.69, 9.17) is 0 Å². The molecule has 2 rings (SSSR count). The molecule has 0 aliphatic heterocycles. The Morgan fingerprint density at radius 3 is 2.67 bits per heavy atom. The van der Waals surface area contributed by atoms with Crippen LogP contribution in [0.1, 0.15) is 19.8 Å². The Bertz CT molecular complexity index is 719. The zero-order valence-corrected chi connectivity index (χ0v) is 14.0. The molecule has 132 valence electrons. The second-order valence-electron chi connectivity index (χ2n) is 5.85. The minimum absolute atomic E-state index is 0.0893. The van der Waals surface area contributed by atoms with Crippen LogP contribution >= 0.6 is 0 Å². The summed E-state index contributed by atoms with van der Waals surface area (Å²) in [6.45, 7) is 1.26. The number of nitrogens with one attached hydrogen (secondary N) is 3. The van der Waals surface area contributed by atoms with Crippen molar-refractivity contribution in [1.82, 2.24) is 10.6 Å². The average Bonchev–Trinajstić information content (AvgIpc) is 3.27. The van der Waals surface area contributed by atoms with Crippen LogP contribution in [0.2, 0.25) is 0 Å². The molecule has 0 aromatic heterocycles. The Morgan fingerprint density at radius 1 is 1.33 bits per heavy atom. The molecule has 9 heteroatoms. The minimum Gasteiger partial charge on any atom is -0.352 e. The number of benzene rings is 1. The van der Waals surface area contributed by atoms with Crippen LogP contribution in [-0.2, 0) is 19.6 Å². The molecule has 3 N–H and O–H groups in total. The molecule has 7 nitrogen and oxygen atoms in total. The van der Waals surface area contributed by atoms with E-state index in [1.54, 1.807) is 0 Å². The van der Waals surface area contributed by atoms with Crippen LogP contribution in [-0.4, -0.2) is 38.6 Å². The summed E-state index contributed by atoms with van der Waals surface area (Å²) in [6, 6.07) is 5.23. The Hall–Kier alpha value is -2.16. The van der Waals surface area contributed by atoms with Crippen molar-refractivity contribution < 1.29 is 22.4 Å². The van der Waals surface area contributed by atoms with Crippen molar-refractivity contribution in [3.63, 3.8) is 0 Å². The lowest BCUT2D eigenvalue weighted by Crippen LogP contribution is -2.41. The maximum atomic E-state index is 13.1. The maximum Gasteiger partial charge on any atom is 0.239 e. The van der Waals surface area contributed by atoms with Gasteiger partial charge >= 0.3 is 0 Å². The Balaban J connectivity index is 1.81. The van der Waals surface area contributed by atoms with Gasteiger partial charge in [0, 0.05) is 6.04 Å². The third-order valence-corrected chi connectivity index (χ3v) is 4.87. The number of amides is 2. The van der Waals surface area contributed by atoms with Crippen molar-refractivity contribution >= 4 is 27.5 Å². The Morgan fingerprint density at radius 2 is 2.04 bits per heavy atom. The average molecular weight is 357 g/mol. The predicted molar refractivity (Wildman–Crippen MR) is 87.1 cm³/mol. The number of carbonyl (C=O) groups is 2.